The van der Waals surface area contributed by atoms with Crippen LogP contribution in [0, 0.1) is 5.82 Å². The molecule has 0 aromatic heterocycles. The van der Waals surface area contributed by atoms with Gasteiger partial charge in [-0.3, -0.25) is 4.79 Å². The van der Waals surface area contributed by atoms with E-state index in [9.17, 15) is 9.18 Å². The molecule has 1 heterocycles. The van der Waals surface area contributed by atoms with Gasteiger partial charge in [-0.2, -0.15) is 0 Å². The van der Waals surface area contributed by atoms with Crippen LogP contribution in [-0.4, -0.2) is 25.3 Å². The zero-order valence-corrected chi connectivity index (χ0v) is 14.4. The number of thioether (sulfide) groups is 1. The number of halogens is 1. The lowest BCUT2D eigenvalue weighted by atomic mass is 10.2. The monoisotopic (exact) mass is 358 g/mol. The Labute approximate surface area is 148 Å². The van der Waals surface area contributed by atoms with E-state index in [2.05, 4.69) is 10.3 Å². The predicted molar refractivity (Wildman–Crippen MR) is 96.8 cm³/mol. The maximum absolute atomic E-state index is 13.5. The molecule has 7 heteroatoms. The van der Waals surface area contributed by atoms with Crippen LogP contribution in [0.2, 0.25) is 0 Å². The number of nitrogens with zero attached hydrogens (tertiary/aromatic N) is 1. The third kappa shape index (κ3) is 3.83. The van der Waals surface area contributed by atoms with E-state index < -0.39 is 5.82 Å². The molecule has 0 unspecified atom stereocenters. The van der Waals surface area contributed by atoms with Crippen molar-refractivity contribution >= 4 is 34.6 Å². The fourth-order valence-corrected chi connectivity index (χ4v) is 3.06. The molecule has 5 nitrogen and oxygen atoms in total. The van der Waals surface area contributed by atoms with Crippen molar-refractivity contribution in [1.82, 2.24) is 5.32 Å². The van der Waals surface area contributed by atoms with E-state index in [-0.39, 0.29) is 11.7 Å². The first-order valence-corrected chi connectivity index (χ1v) is 8.18. The SMILES string of the molecule is COc1cc(/C=C2\SC(=Nc3ccccc3OC)NC2=O)ccc1F. The maximum atomic E-state index is 13.5. The number of amidine groups is 1. The number of nitrogens with one attached hydrogen (secondary N) is 1. The number of hydrogen-bond acceptors (Lipinski definition) is 5. The number of carbonyl (C=O) groups is 1. The smallest absolute Gasteiger partial charge is 0.264 e. The Bertz CT molecular complexity index is 880. The van der Waals surface area contributed by atoms with E-state index in [0.717, 1.165) is 0 Å². The van der Waals surface area contributed by atoms with Crippen molar-refractivity contribution in [2.24, 2.45) is 4.99 Å². The number of amides is 1. The van der Waals surface area contributed by atoms with Crippen LogP contribution in [0.5, 0.6) is 11.5 Å². The minimum absolute atomic E-state index is 0.126. The summed E-state index contributed by atoms with van der Waals surface area (Å²) in [6.07, 6.45) is 1.66. The van der Waals surface area contributed by atoms with Gasteiger partial charge in [0.25, 0.3) is 5.91 Å². The molecule has 128 valence electrons. The fraction of sp³-hybridized carbons (Fsp3) is 0.111. The minimum atomic E-state index is -0.452. The topological polar surface area (TPSA) is 59.9 Å². The lowest BCUT2D eigenvalue weighted by Gasteiger charge is -2.03. The number of aliphatic imine (C=N–C) groups is 1. The van der Waals surface area contributed by atoms with Crippen LogP contribution in [0.4, 0.5) is 10.1 Å². The van der Waals surface area contributed by atoms with Crippen molar-refractivity contribution in [3.63, 3.8) is 0 Å². The summed E-state index contributed by atoms with van der Waals surface area (Å²) in [7, 11) is 2.96. The number of benzene rings is 2. The Morgan fingerprint density at radius 1 is 1.12 bits per heavy atom. The van der Waals surface area contributed by atoms with E-state index in [1.54, 1.807) is 31.4 Å². The summed E-state index contributed by atoms with van der Waals surface area (Å²) < 4.78 is 23.7. The van der Waals surface area contributed by atoms with Crippen molar-refractivity contribution < 1.29 is 18.7 Å². The van der Waals surface area contributed by atoms with Crippen molar-refractivity contribution in [3.8, 4) is 11.5 Å². The van der Waals surface area contributed by atoms with Crippen LogP contribution >= 0.6 is 11.8 Å². The van der Waals surface area contributed by atoms with Crippen LogP contribution in [0.1, 0.15) is 5.56 Å². The number of carbonyl (C=O) groups excluding carboxylic acids is 1. The van der Waals surface area contributed by atoms with Gasteiger partial charge in [0.15, 0.2) is 16.7 Å². The molecule has 1 amide bonds. The molecular weight excluding hydrogens is 343 g/mol. The number of methoxy groups -OCH3 is 2. The predicted octanol–water partition coefficient (Wildman–Crippen LogP) is 3.73. The van der Waals surface area contributed by atoms with Crippen LogP contribution in [0.25, 0.3) is 6.08 Å². The Balaban J connectivity index is 1.86. The number of ether oxygens (including phenoxy) is 2. The Morgan fingerprint density at radius 3 is 2.64 bits per heavy atom. The average molecular weight is 358 g/mol. The summed E-state index contributed by atoms with van der Waals surface area (Å²) in [5, 5.41) is 3.16. The third-order valence-electron chi connectivity index (χ3n) is 3.43. The largest absolute Gasteiger partial charge is 0.494 e. The van der Waals surface area contributed by atoms with E-state index in [4.69, 9.17) is 9.47 Å². The van der Waals surface area contributed by atoms with E-state index in [0.29, 0.717) is 27.1 Å². The molecule has 1 aliphatic rings. The quantitative estimate of drug-likeness (QED) is 0.846. The Morgan fingerprint density at radius 2 is 1.88 bits per heavy atom. The van der Waals surface area contributed by atoms with Gasteiger partial charge >= 0.3 is 0 Å². The number of hydrogen-bond donors (Lipinski definition) is 1. The van der Waals surface area contributed by atoms with E-state index >= 15 is 0 Å². The standard InChI is InChI=1S/C18H15FN2O3S/c1-23-14-6-4-3-5-13(14)20-18-21-17(22)16(25-18)10-11-7-8-12(19)15(9-11)24-2/h3-10H,1-2H3,(H,20,21,22)/b16-10-. The van der Waals surface area contributed by atoms with Crippen molar-refractivity contribution in [3.05, 3.63) is 58.8 Å². The van der Waals surface area contributed by atoms with Crippen LogP contribution < -0.4 is 14.8 Å². The molecule has 0 spiro atoms. The molecule has 0 saturated carbocycles. The van der Waals surface area contributed by atoms with Gasteiger partial charge in [-0.25, -0.2) is 9.38 Å². The summed E-state index contributed by atoms with van der Waals surface area (Å²) >= 11 is 1.21. The summed E-state index contributed by atoms with van der Waals surface area (Å²) in [6, 6.07) is 11.7. The second-order valence-corrected chi connectivity index (χ2v) is 6.08. The van der Waals surface area contributed by atoms with Gasteiger partial charge in [0.1, 0.15) is 11.4 Å². The maximum Gasteiger partial charge on any atom is 0.264 e. The van der Waals surface area contributed by atoms with Gasteiger partial charge in [-0.1, -0.05) is 18.2 Å². The first-order valence-electron chi connectivity index (χ1n) is 7.37. The highest BCUT2D eigenvalue weighted by Gasteiger charge is 2.24. The molecule has 25 heavy (non-hydrogen) atoms. The highest BCUT2D eigenvalue weighted by Crippen LogP contribution is 2.32. The van der Waals surface area contributed by atoms with Crippen molar-refractivity contribution in [1.29, 1.82) is 0 Å². The van der Waals surface area contributed by atoms with Crippen molar-refractivity contribution in [2.45, 2.75) is 0 Å². The molecule has 3 rings (SSSR count). The Kier molecular flexibility index (Phi) is 5.04. The molecule has 1 fully saturated rings. The van der Waals surface area contributed by atoms with Crippen LogP contribution in [0.15, 0.2) is 52.4 Å². The van der Waals surface area contributed by atoms with E-state index in [1.165, 1.54) is 31.0 Å². The lowest BCUT2D eigenvalue weighted by molar-refractivity contribution is -0.115. The molecule has 1 N–H and O–H groups in total. The summed E-state index contributed by atoms with van der Waals surface area (Å²) in [6.45, 7) is 0. The van der Waals surface area contributed by atoms with Gasteiger partial charge in [0.2, 0.25) is 0 Å². The molecular formula is C18H15FN2O3S. The second-order valence-electron chi connectivity index (χ2n) is 5.05. The van der Waals surface area contributed by atoms with E-state index in [1.807, 2.05) is 12.1 Å². The highest BCUT2D eigenvalue weighted by molar-refractivity contribution is 8.18. The van der Waals surface area contributed by atoms with Crippen molar-refractivity contribution in [2.75, 3.05) is 14.2 Å². The van der Waals surface area contributed by atoms with Crippen LogP contribution in [-0.2, 0) is 4.79 Å². The summed E-state index contributed by atoms with van der Waals surface area (Å²) in [5.74, 6) is 0.0276. The lowest BCUT2D eigenvalue weighted by Crippen LogP contribution is -2.19. The molecule has 1 saturated heterocycles. The molecule has 0 bridgehead atoms. The highest BCUT2D eigenvalue weighted by atomic mass is 32.2. The number of rotatable bonds is 4. The normalized spacial score (nSPS) is 17.0. The number of para-hydroxylation sites is 2. The average Bonchev–Trinajstić information content (AvgIpc) is 2.96. The van der Waals surface area contributed by atoms with Gasteiger partial charge in [0, 0.05) is 0 Å². The van der Waals surface area contributed by atoms with Crippen LogP contribution in [0.3, 0.4) is 0 Å². The molecule has 2 aromatic carbocycles. The fourth-order valence-electron chi connectivity index (χ4n) is 2.23. The van der Waals surface area contributed by atoms with Gasteiger partial charge in [-0.05, 0) is 47.7 Å². The van der Waals surface area contributed by atoms with Gasteiger partial charge < -0.3 is 14.8 Å². The summed E-state index contributed by atoms with van der Waals surface area (Å²) in [4.78, 5) is 17.0. The molecule has 0 atom stereocenters. The molecule has 0 radical (unpaired) electrons. The molecule has 1 aliphatic heterocycles. The zero-order chi connectivity index (χ0) is 17.8. The molecule has 0 aliphatic carbocycles. The second kappa shape index (κ2) is 7.40. The molecule has 2 aromatic rings. The first-order chi connectivity index (χ1) is 12.1. The third-order valence-corrected chi connectivity index (χ3v) is 4.34. The first kappa shape index (κ1) is 17.0. The summed E-state index contributed by atoms with van der Waals surface area (Å²) in [5.41, 5.74) is 1.28. The Hall–Kier alpha value is -2.80. The van der Waals surface area contributed by atoms with Gasteiger partial charge in [0.05, 0.1) is 19.1 Å². The zero-order valence-electron chi connectivity index (χ0n) is 13.6. The van der Waals surface area contributed by atoms with Gasteiger partial charge in [-0.15, -0.1) is 0 Å². The minimum Gasteiger partial charge on any atom is -0.494 e.